The van der Waals surface area contributed by atoms with Gasteiger partial charge in [-0.2, -0.15) is 0 Å². The molecule has 1 saturated heterocycles. The molecule has 16 heavy (non-hydrogen) atoms. The Morgan fingerprint density at radius 3 is 2.69 bits per heavy atom. The van der Waals surface area contributed by atoms with Crippen LogP contribution in [0.15, 0.2) is 0 Å². The van der Waals surface area contributed by atoms with E-state index in [9.17, 15) is 4.79 Å². The lowest BCUT2D eigenvalue weighted by Crippen LogP contribution is -2.48. The molecule has 0 aromatic carbocycles. The summed E-state index contributed by atoms with van der Waals surface area (Å²) in [6, 6.07) is -0.107. The molecule has 1 aliphatic carbocycles. The molecular formula is C11H18N2O2S. The molecule has 2 aliphatic rings. The van der Waals surface area contributed by atoms with Crippen LogP contribution in [0.5, 0.6) is 0 Å². The second-order valence-corrected chi connectivity index (χ2v) is 5.11. The SMILES string of the molecule is NC(=S)C(NC(=O)C1CCCOC1)C1CC1. The van der Waals surface area contributed by atoms with Crippen LogP contribution in [-0.2, 0) is 9.53 Å². The van der Waals surface area contributed by atoms with Crippen molar-refractivity contribution in [3.05, 3.63) is 0 Å². The van der Waals surface area contributed by atoms with E-state index < -0.39 is 0 Å². The fourth-order valence-electron chi connectivity index (χ4n) is 2.07. The molecule has 0 radical (unpaired) electrons. The zero-order valence-electron chi connectivity index (χ0n) is 9.28. The van der Waals surface area contributed by atoms with Crippen molar-refractivity contribution in [1.29, 1.82) is 0 Å². The average Bonchev–Trinajstić information content (AvgIpc) is 3.10. The van der Waals surface area contributed by atoms with Gasteiger partial charge in [-0.3, -0.25) is 4.79 Å². The summed E-state index contributed by atoms with van der Waals surface area (Å²) in [5.74, 6) is 0.486. The Labute approximate surface area is 101 Å². The summed E-state index contributed by atoms with van der Waals surface area (Å²) in [4.78, 5) is 12.3. The van der Waals surface area contributed by atoms with Crippen LogP contribution in [-0.4, -0.2) is 30.2 Å². The molecule has 5 heteroatoms. The number of ether oxygens (including phenoxy) is 1. The van der Waals surface area contributed by atoms with E-state index in [2.05, 4.69) is 5.32 Å². The first-order chi connectivity index (χ1) is 7.68. The largest absolute Gasteiger partial charge is 0.392 e. The number of nitrogens with two attached hydrogens (primary N) is 1. The second kappa shape index (κ2) is 5.10. The monoisotopic (exact) mass is 242 g/mol. The maximum absolute atomic E-state index is 11.9. The van der Waals surface area contributed by atoms with E-state index in [0.717, 1.165) is 32.3 Å². The Morgan fingerprint density at radius 1 is 1.44 bits per heavy atom. The maximum atomic E-state index is 11.9. The number of amides is 1. The van der Waals surface area contributed by atoms with Crippen molar-refractivity contribution in [2.45, 2.75) is 31.7 Å². The third kappa shape index (κ3) is 2.92. The first kappa shape index (κ1) is 11.8. The smallest absolute Gasteiger partial charge is 0.226 e. The zero-order chi connectivity index (χ0) is 11.5. The molecule has 1 amide bonds. The van der Waals surface area contributed by atoms with Crippen LogP contribution in [0.25, 0.3) is 0 Å². The van der Waals surface area contributed by atoms with Crippen molar-refractivity contribution >= 4 is 23.1 Å². The predicted molar refractivity (Wildman–Crippen MR) is 65.0 cm³/mol. The summed E-state index contributed by atoms with van der Waals surface area (Å²) in [6.45, 7) is 1.30. The second-order valence-electron chi connectivity index (χ2n) is 4.64. The van der Waals surface area contributed by atoms with Crippen molar-refractivity contribution in [1.82, 2.24) is 5.32 Å². The lowest BCUT2D eigenvalue weighted by Gasteiger charge is -2.24. The molecule has 2 fully saturated rings. The minimum Gasteiger partial charge on any atom is -0.392 e. The van der Waals surface area contributed by atoms with Gasteiger partial charge >= 0.3 is 0 Å². The summed E-state index contributed by atoms with van der Waals surface area (Å²) in [5.41, 5.74) is 5.64. The number of hydrogen-bond acceptors (Lipinski definition) is 3. The number of nitrogens with one attached hydrogen (secondary N) is 1. The van der Waals surface area contributed by atoms with Crippen molar-refractivity contribution in [3.63, 3.8) is 0 Å². The van der Waals surface area contributed by atoms with Gasteiger partial charge in [-0.05, 0) is 31.6 Å². The van der Waals surface area contributed by atoms with E-state index in [1.165, 1.54) is 0 Å². The minimum absolute atomic E-state index is 0.0238. The number of hydrogen-bond donors (Lipinski definition) is 2. The number of rotatable bonds is 4. The predicted octanol–water partition coefficient (Wildman–Crippen LogP) is 0.594. The lowest BCUT2D eigenvalue weighted by molar-refractivity contribution is -0.129. The molecule has 0 aromatic rings. The molecule has 1 aliphatic heterocycles. The van der Waals surface area contributed by atoms with Gasteiger partial charge in [0.1, 0.15) is 0 Å². The lowest BCUT2D eigenvalue weighted by atomic mass is 10.0. The van der Waals surface area contributed by atoms with Crippen molar-refractivity contribution in [2.24, 2.45) is 17.6 Å². The molecular weight excluding hydrogens is 224 g/mol. The van der Waals surface area contributed by atoms with Gasteiger partial charge in [0, 0.05) is 6.61 Å². The molecule has 90 valence electrons. The topological polar surface area (TPSA) is 64.3 Å². The van der Waals surface area contributed by atoms with E-state index >= 15 is 0 Å². The van der Waals surface area contributed by atoms with Crippen LogP contribution in [0, 0.1) is 11.8 Å². The van der Waals surface area contributed by atoms with Gasteiger partial charge in [0.05, 0.1) is 23.6 Å². The normalized spacial score (nSPS) is 27.1. The van der Waals surface area contributed by atoms with Crippen LogP contribution >= 0.6 is 12.2 Å². The van der Waals surface area contributed by atoms with E-state index in [0.29, 0.717) is 17.5 Å². The van der Waals surface area contributed by atoms with Gasteiger partial charge in [-0.15, -0.1) is 0 Å². The quantitative estimate of drug-likeness (QED) is 0.708. The highest BCUT2D eigenvalue weighted by Gasteiger charge is 2.35. The highest BCUT2D eigenvalue weighted by molar-refractivity contribution is 7.80. The first-order valence-electron chi connectivity index (χ1n) is 5.86. The highest BCUT2D eigenvalue weighted by Crippen LogP contribution is 2.33. The fourth-order valence-corrected chi connectivity index (χ4v) is 2.32. The molecule has 1 heterocycles. The molecule has 0 aromatic heterocycles. The average molecular weight is 242 g/mol. The minimum atomic E-state index is -0.107. The first-order valence-corrected chi connectivity index (χ1v) is 6.26. The summed E-state index contributed by atoms with van der Waals surface area (Å²) < 4.78 is 5.30. The molecule has 0 bridgehead atoms. The van der Waals surface area contributed by atoms with Gasteiger partial charge in [0.2, 0.25) is 5.91 Å². The van der Waals surface area contributed by atoms with Crippen LogP contribution in [0.3, 0.4) is 0 Å². The molecule has 4 nitrogen and oxygen atoms in total. The Hall–Kier alpha value is -0.680. The van der Waals surface area contributed by atoms with E-state index in [4.69, 9.17) is 22.7 Å². The molecule has 2 rings (SSSR count). The van der Waals surface area contributed by atoms with E-state index in [1.807, 2.05) is 0 Å². The molecule has 0 spiro atoms. The number of thiocarbonyl (C=S) groups is 1. The third-order valence-corrected chi connectivity index (χ3v) is 3.48. The van der Waals surface area contributed by atoms with Crippen LogP contribution < -0.4 is 11.1 Å². The zero-order valence-corrected chi connectivity index (χ0v) is 10.1. The van der Waals surface area contributed by atoms with Crippen molar-refractivity contribution in [3.8, 4) is 0 Å². The maximum Gasteiger partial charge on any atom is 0.226 e. The number of carbonyl (C=O) groups excluding carboxylic acids is 1. The summed E-state index contributed by atoms with van der Waals surface area (Å²) in [7, 11) is 0. The van der Waals surface area contributed by atoms with Gasteiger partial charge in [-0.25, -0.2) is 0 Å². The summed E-state index contributed by atoms with van der Waals surface area (Å²) in [5, 5.41) is 2.96. The molecule has 3 N–H and O–H groups in total. The van der Waals surface area contributed by atoms with Crippen LogP contribution in [0.4, 0.5) is 0 Å². The standard InChI is InChI=1S/C11H18N2O2S/c12-10(16)9(7-3-4-7)13-11(14)8-2-1-5-15-6-8/h7-9H,1-6H2,(H2,12,16)(H,13,14). The highest BCUT2D eigenvalue weighted by atomic mass is 32.1. The Bertz CT molecular complexity index is 286. The third-order valence-electron chi connectivity index (χ3n) is 3.23. The molecule has 2 atom stereocenters. The Morgan fingerprint density at radius 2 is 2.19 bits per heavy atom. The van der Waals surface area contributed by atoms with E-state index in [-0.39, 0.29) is 17.9 Å². The van der Waals surface area contributed by atoms with Gasteiger partial charge in [0.25, 0.3) is 0 Å². The van der Waals surface area contributed by atoms with Crippen molar-refractivity contribution < 1.29 is 9.53 Å². The fraction of sp³-hybridized carbons (Fsp3) is 0.818. The van der Waals surface area contributed by atoms with Gasteiger partial charge in [-0.1, -0.05) is 12.2 Å². The Balaban J connectivity index is 1.86. The molecule has 1 saturated carbocycles. The van der Waals surface area contributed by atoms with Crippen LogP contribution in [0.1, 0.15) is 25.7 Å². The summed E-state index contributed by atoms with van der Waals surface area (Å²) >= 11 is 4.98. The Kier molecular flexibility index (Phi) is 3.76. The van der Waals surface area contributed by atoms with Crippen LogP contribution in [0.2, 0.25) is 0 Å². The van der Waals surface area contributed by atoms with Crippen molar-refractivity contribution in [2.75, 3.05) is 13.2 Å². The molecule has 2 unspecified atom stereocenters. The van der Waals surface area contributed by atoms with E-state index in [1.54, 1.807) is 0 Å². The van der Waals surface area contributed by atoms with Gasteiger partial charge < -0.3 is 15.8 Å². The summed E-state index contributed by atoms with van der Waals surface area (Å²) in [6.07, 6.45) is 4.09. The van der Waals surface area contributed by atoms with Gasteiger partial charge in [0.15, 0.2) is 0 Å². The number of carbonyl (C=O) groups is 1.